The van der Waals surface area contributed by atoms with Gasteiger partial charge >= 0.3 is 0 Å². The Balaban J connectivity index is 1.98. The number of ether oxygens (including phenoxy) is 1. The van der Waals surface area contributed by atoms with Crippen LogP contribution in [0, 0.1) is 11.3 Å². The van der Waals surface area contributed by atoms with Gasteiger partial charge in [0, 0.05) is 12.7 Å². The first-order valence-electron chi connectivity index (χ1n) is 5.47. The largest absolute Gasteiger partial charge is 0.364 e. The van der Waals surface area contributed by atoms with Crippen molar-refractivity contribution in [3.63, 3.8) is 0 Å². The third-order valence-electron chi connectivity index (χ3n) is 2.87. The summed E-state index contributed by atoms with van der Waals surface area (Å²) in [5.41, 5.74) is 2.18. The summed E-state index contributed by atoms with van der Waals surface area (Å²) in [6, 6.07) is 6.20. The van der Waals surface area contributed by atoms with Crippen LogP contribution < -0.4 is 4.90 Å². The molecule has 1 fully saturated rings. The van der Waals surface area contributed by atoms with Crippen molar-refractivity contribution < 1.29 is 4.74 Å². The summed E-state index contributed by atoms with van der Waals surface area (Å²) in [4.78, 5) is 6.53. The molecule has 2 aromatic heterocycles. The summed E-state index contributed by atoms with van der Waals surface area (Å²) >= 11 is 1.69. The number of pyridine rings is 1. The topological polar surface area (TPSA) is 49.2 Å². The van der Waals surface area contributed by atoms with Crippen LogP contribution in [0.2, 0.25) is 0 Å². The Morgan fingerprint density at radius 3 is 3.35 bits per heavy atom. The van der Waals surface area contributed by atoms with E-state index in [1.54, 1.807) is 11.3 Å². The lowest BCUT2D eigenvalue weighted by Crippen LogP contribution is -2.41. The predicted octanol–water partition coefficient (Wildman–Crippen LogP) is 2.03. The lowest BCUT2D eigenvalue weighted by molar-refractivity contribution is 0.0766. The van der Waals surface area contributed by atoms with Crippen molar-refractivity contribution in [3.05, 3.63) is 23.7 Å². The van der Waals surface area contributed by atoms with E-state index in [1.807, 2.05) is 23.7 Å². The molecule has 3 heterocycles. The first-order chi connectivity index (χ1) is 8.38. The third-order valence-corrected chi connectivity index (χ3v) is 3.80. The molecule has 2 aromatic rings. The average molecular weight is 245 g/mol. The van der Waals surface area contributed by atoms with Crippen molar-refractivity contribution in [2.24, 2.45) is 0 Å². The second-order valence-electron chi connectivity index (χ2n) is 3.90. The fraction of sp³-hybridized carbons (Fsp3) is 0.333. The van der Waals surface area contributed by atoms with Gasteiger partial charge < -0.3 is 9.64 Å². The lowest BCUT2D eigenvalue weighted by Gasteiger charge is -2.31. The van der Waals surface area contributed by atoms with Crippen LogP contribution in [0.4, 0.5) is 5.69 Å². The van der Waals surface area contributed by atoms with E-state index in [0.717, 1.165) is 17.7 Å². The Labute approximate surface area is 103 Å². The van der Waals surface area contributed by atoms with Gasteiger partial charge in [-0.05, 0) is 17.5 Å². The highest BCUT2D eigenvalue weighted by atomic mass is 32.1. The molecule has 1 aliphatic heterocycles. The Bertz CT molecular complexity index is 574. The average Bonchev–Trinajstić information content (AvgIpc) is 2.87. The van der Waals surface area contributed by atoms with Crippen molar-refractivity contribution in [3.8, 4) is 6.07 Å². The predicted molar refractivity (Wildman–Crippen MR) is 67.2 cm³/mol. The van der Waals surface area contributed by atoms with E-state index in [2.05, 4.69) is 16.0 Å². The van der Waals surface area contributed by atoms with Crippen LogP contribution in [0.3, 0.4) is 0 Å². The summed E-state index contributed by atoms with van der Waals surface area (Å²) in [7, 11) is 0. The van der Waals surface area contributed by atoms with Crippen molar-refractivity contribution in [1.82, 2.24) is 4.98 Å². The maximum Gasteiger partial charge on any atom is 0.161 e. The van der Waals surface area contributed by atoms with Gasteiger partial charge in [-0.1, -0.05) is 0 Å². The quantitative estimate of drug-likeness (QED) is 0.771. The number of nitrogens with zero attached hydrogens (tertiary/aromatic N) is 3. The Morgan fingerprint density at radius 2 is 2.47 bits per heavy atom. The smallest absolute Gasteiger partial charge is 0.161 e. The molecule has 0 saturated carbocycles. The standard InChI is InChI=1S/C12H11N3OS/c13-7-9-8-15(4-5-16-9)11-1-3-14-10-2-6-17-12(10)11/h1-3,6,9H,4-5,8H2. The highest BCUT2D eigenvalue weighted by molar-refractivity contribution is 7.17. The maximum absolute atomic E-state index is 8.92. The summed E-state index contributed by atoms with van der Waals surface area (Å²) < 4.78 is 6.54. The zero-order valence-corrected chi connectivity index (χ0v) is 9.98. The molecule has 17 heavy (non-hydrogen) atoms. The normalized spacial score (nSPS) is 20.4. The van der Waals surface area contributed by atoms with E-state index in [1.165, 1.54) is 4.70 Å². The van der Waals surface area contributed by atoms with Crippen LogP contribution in [0.15, 0.2) is 23.7 Å². The van der Waals surface area contributed by atoms with Gasteiger partial charge in [0.1, 0.15) is 0 Å². The summed E-state index contributed by atoms with van der Waals surface area (Å²) in [5.74, 6) is 0. The number of aromatic nitrogens is 1. The van der Waals surface area contributed by atoms with Crippen LogP contribution in [0.5, 0.6) is 0 Å². The van der Waals surface area contributed by atoms with E-state index in [9.17, 15) is 0 Å². The van der Waals surface area contributed by atoms with E-state index >= 15 is 0 Å². The van der Waals surface area contributed by atoms with Gasteiger partial charge in [-0.25, -0.2) is 0 Å². The molecule has 86 valence electrons. The number of rotatable bonds is 1. The van der Waals surface area contributed by atoms with Crippen molar-refractivity contribution in [1.29, 1.82) is 5.26 Å². The number of hydrogen-bond acceptors (Lipinski definition) is 5. The maximum atomic E-state index is 8.92. The van der Waals surface area contributed by atoms with Crippen molar-refractivity contribution in [2.45, 2.75) is 6.10 Å². The van der Waals surface area contributed by atoms with Crippen LogP contribution in [0.1, 0.15) is 0 Å². The molecule has 4 nitrogen and oxygen atoms in total. The molecule has 1 aliphatic rings. The summed E-state index contributed by atoms with van der Waals surface area (Å²) in [5, 5.41) is 11.0. The molecule has 3 rings (SSSR count). The number of morpholine rings is 1. The minimum atomic E-state index is -0.327. The van der Waals surface area contributed by atoms with E-state index in [-0.39, 0.29) is 6.10 Å². The van der Waals surface area contributed by atoms with Crippen molar-refractivity contribution in [2.75, 3.05) is 24.6 Å². The second kappa shape index (κ2) is 4.32. The molecule has 0 amide bonds. The van der Waals surface area contributed by atoms with Gasteiger partial charge in [-0.15, -0.1) is 11.3 Å². The molecule has 1 atom stereocenters. The molecule has 5 heteroatoms. The number of fused-ring (bicyclic) bond motifs is 1. The van der Waals surface area contributed by atoms with Gasteiger partial charge in [-0.2, -0.15) is 5.26 Å². The van der Waals surface area contributed by atoms with E-state index < -0.39 is 0 Å². The fourth-order valence-corrected chi connectivity index (χ4v) is 2.95. The minimum Gasteiger partial charge on any atom is -0.364 e. The Kier molecular flexibility index (Phi) is 2.67. The number of hydrogen-bond donors (Lipinski definition) is 0. The third kappa shape index (κ3) is 1.86. The molecule has 0 aromatic carbocycles. The van der Waals surface area contributed by atoms with Gasteiger partial charge in [0.15, 0.2) is 6.10 Å². The number of nitriles is 1. The monoisotopic (exact) mass is 245 g/mol. The molecule has 0 N–H and O–H groups in total. The van der Waals surface area contributed by atoms with Gasteiger partial charge in [0.05, 0.1) is 35.1 Å². The molecular formula is C12H11N3OS. The van der Waals surface area contributed by atoms with Crippen LogP contribution in [-0.2, 0) is 4.74 Å². The Morgan fingerprint density at radius 1 is 1.53 bits per heavy atom. The highest BCUT2D eigenvalue weighted by Crippen LogP contribution is 2.30. The molecule has 0 bridgehead atoms. The first kappa shape index (κ1) is 10.5. The zero-order valence-electron chi connectivity index (χ0n) is 9.17. The lowest BCUT2D eigenvalue weighted by atomic mass is 10.2. The zero-order chi connectivity index (χ0) is 11.7. The second-order valence-corrected chi connectivity index (χ2v) is 4.82. The Hall–Kier alpha value is -1.64. The minimum absolute atomic E-state index is 0.327. The summed E-state index contributed by atoms with van der Waals surface area (Å²) in [6.07, 6.45) is 1.49. The van der Waals surface area contributed by atoms with Gasteiger partial charge in [0.2, 0.25) is 0 Å². The molecular weight excluding hydrogens is 234 g/mol. The van der Waals surface area contributed by atoms with E-state index in [4.69, 9.17) is 10.00 Å². The molecule has 0 spiro atoms. The van der Waals surface area contributed by atoms with Crippen LogP contribution in [-0.4, -0.2) is 30.8 Å². The van der Waals surface area contributed by atoms with Gasteiger partial charge in [0.25, 0.3) is 0 Å². The fourth-order valence-electron chi connectivity index (χ4n) is 2.05. The van der Waals surface area contributed by atoms with Gasteiger partial charge in [-0.3, -0.25) is 4.98 Å². The first-order valence-corrected chi connectivity index (χ1v) is 6.35. The SMILES string of the molecule is N#CC1CN(c2ccnc3ccsc23)CCO1. The van der Waals surface area contributed by atoms with Crippen molar-refractivity contribution >= 4 is 27.2 Å². The highest BCUT2D eigenvalue weighted by Gasteiger charge is 2.21. The number of thiophene rings is 1. The summed E-state index contributed by atoms with van der Waals surface area (Å²) in [6.45, 7) is 2.07. The van der Waals surface area contributed by atoms with Crippen LogP contribution >= 0.6 is 11.3 Å². The molecule has 1 saturated heterocycles. The number of anilines is 1. The van der Waals surface area contributed by atoms with Crippen LogP contribution in [0.25, 0.3) is 10.2 Å². The molecule has 0 aliphatic carbocycles. The van der Waals surface area contributed by atoms with E-state index in [0.29, 0.717) is 13.2 Å². The molecule has 1 unspecified atom stereocenters. The molecule has 0 radical (unpaired) electrons.